The Morgan fingerprint density at radius 2 is 2.31 bits per heavy atom. The highest BCUT2D eigenvalue weighted by atomic mass is 32.1. The molecule has 2 heterocycles. The van der Waals surface area contributed by atoms with Crippen LogP contribution in [0.3, 0.4) is 0 Å². The average Bonchev–Trinajstić information content (AvgIpc) is 2.60. The molecule has 2 rings (SSSR count). The summed E-state index contributed by atoms with van der Waals surface area (Å²) in [4.78, 5) is 22.4. The first-order valence-corrected chi connectivity index (χ1v) is 5.39. The van der Waals surface area contributed by atoms with Crippen molar-refractivity contribution in [2.24, 2.45) is 0 Å². The van der Waals surface area contributed by atoms with Gasteiger partial charge in [0, 0.05) is 15.6 Å². The maximum atomic E-state index is 11.0. The quantitative estimate of drug-likeness (QED) is 0.564. The molecule has 0 saturated carbocycles. The topological polar surface area (TPSA) is 34.1 Å². The van der Waals surface area contributed by atoms with Crippen molar-refractivity contribution in [1.82, 2.24) is 0 Å². The predicted molar refractivity (Wildman–Crippen MR) is 55.1 cm³/mol. The van der Waals surface area contributed by atoms with E-state index in [2.05, 4.69) is 0 Å². The van der Waals surface area contributed by atoms with Crippen LogP contribution in [0.2, 0.25) is 0 Å². The predicted octanol–water partition coefficient (Wildman–Crippen LogP) is 2.98. The van der Waals surface area contributed by atoms with E-state index in [1.807, 2.05) is 11.4 Å². The van der Waals surface area contributed by atoms with E-state index in [1.165, 1.54) is 29.6 Å². The molecule has 0 aromatic carbocycles. The van der Waals surface area contributed by atoms with Gasteiger partial charge in [-0.2, -0.15) is 0 Å². The van der Waals surface area contributed by atoms with Gasteiger partial charge in [0.15, 0.2) is 12.1 Å². The second-order valence-electron chi connectivity index (χ2n) is 2.67. The van der Waals surface area contributed by atoms with Crippen LogP contribution in [-0.4, -0.2) is 12.1 Å². The first-order valence-electron chi connectivity index (χ1n) is 3.69. The minimum atomic E-state index is 0.0604. The van der Waals surface area contributed by atoms with Gasteiger partial charge in [-0.1, -0.05) is 0 Å². The van der Waals surface area contributed by atoms with Crippen LogP contribution >= 0.6 is 22.7 Å². The SMILES string of the molecule is CC(=O)c1cc2scc(C=O)c2s1. The van der Waals surface area contributed by atoms with Crippen molar-refractivity contribution in [1.29, 1.82) is 0 Å². The van der Waals surface area contributed by atoms with E-state index in [9.17, 15) is 9.59 Å². The third-order valence-electron chi connectivity index (χ3n) is 1.75. The van der Waals surface area contributed by atoms with Crippen LogP contribution in [-0.2, 0) is 0 Å². The lowest BCUT2D eigenvalue weighted by molar-refractivity contribution is 0.102. The van der Waals surface area contributed by atoms with E-state index in [4.69, 9.17) is 0 Å². The lowest BCUT2D eigenvalue weighted by Crippen LogP contribution is -1.83. The molecule has 2 aromatic rings. The van der Waals surface area contributed by atoms with Gasteiger partial charge in [0.05, 0.1) is 9.58 Å². The van der Waals surface area contributed by atoms with E-state index in [0.717, 1.165) is 20.6 Å². The lowest BCUT2D eigenvalue weighted by atomic mass is 10.3. The monoisotopic (exact) mass is 210 g/mol. The van der Waals surface area contributed by atoms with Crippen molar-refractivity contribution >= 4 is 44.1 Å². The number of hydrogen-bond donors (Lipinski definition) is 0. The Kier molecular flexibility index (Phi) is 2.01. The minimum absolute atomic E-state index is 0.0604. The first-order chi connectivity index (χ1) is 6.22. The summed E-state index contributed by atoms with van der Waals surface area (Å²) in [5, 5.41) is 1.82. The Bertz CT molecular complexity index is 479. The van der Waals surface area contributed by atoms with Crippen molar-refractivity contribution in [2.75, 3.05) is 0 Å². The second-order valence-corrected chi connectivity index (χ2v) is 4.63. The Morgan fingerprint density at radius 1 is 1.54 bits per heavy atom. The number of carbonyl (C=O) groups excluding carboxylic acids is 2. The van der Waals surface area contributed by atoms with Crippen LogP contribution in [0.25, 0.3) is 9.40 Å². The molecule has 0 aliphatic rings. The van der Waals surface area contributed by atoms with Crippen LogP contribution in [0.1, 0.15) is 27.0 Å². The molecule has 13 heavy (non-hydrogen) atoms. The van der Waals surface area contributed by atoms with Gasteiger partial charge in [0.2, 0.25) is 0 Å². The number of fused-ring (bicyclic) bond motifs is 1. The normalized spacial score (nSPS) is 10.5. The fraction of sp³-hybridized carbons (Fsp3) is 0.111. The molecule has 0 saturated heterocycles. The van der Waals surface area contributed by atoms with Crippen molar-refractivity contribution in [3.8, 4) is 0 Å². The van der Waals surface area contributed by atoms with E-state index in [-0.39, 0.29) is 5.78 Å². The molecule has 66 valence electrons. The maximum absolute atomic E-state index is 11.0. The van der Waals surface area contributed by atoms with Crippen LogP contribution < -0.4 is 0 Å². The van der Waals surface area contributed by atoms with Crippen LogP contribution in [0.4, 0.5) is 0 Å². The number of rotatable bonds is 2. The summed E-state index contributed by atoms with van der Waals surface area (Å²) in [6.45, 7) is 1.54. The van der Waals surface area contributed by atoms with Crippen molar-refractivity contribution in [3.05, 3.63) is 21.9 Å². The zero-order valence-electron chi connectivity index (χ0n) is 6.87. The molecule has 0 spiro atoms. The number of hydrogen-bond acceptors (Lipinski definition) is 4. The van der Waals surface area contributed by atoms with Crippen LogP contribution in [0, 0.1) is 0 Å². The molecule has 0 radical (unpaired) electrons. The fourth-order valence-electron chi connectivity index (χ4n) is 1.10. The van der Waals surface area contributed by atoms with Gasteiger partial charge >= 0.3 is 0 Å². The molecule has 0 fully saturated rings. The highest BCUT2D eigenvalue weighted by Crippen LogP contribution is 2.33. The third kappa shape index (κ3) is 1.32. The Hall–Kier alpha value is -1.00. The van der Waals surface area contributed by atoms with Gasteiger partial charge < -0.3 is 0 Å². The maximum Gasteiger partial charge on any atom is 0.169 e. The molecule has 0 amide bonds. The number of Topliss-reactive ketones (excluding diaryl/α,β-unsaturated/α-hetero) is 1. The smallest absolute Gasteiger partial charge is 0.169 e. The molecule has 2 nitrogen and oxygen atoms in total. The summed E-state index contributed by atoms with van der Waals surface area (Å²) in [6, 6.07) is 1.85. The largest absolute Gasteiger partial charge is 0.298 e. The van der Waals surface area contributed by atoms with Gasteiger partial charge in [-0.25, -0.2) is 0 Å². The molecule has 0 N–H and O–H groups in total. The highest BCUT2D eigenvalue weighted by Gasteiger charge is 2.10. The summed E-state index contributed by atoms with van der Waals surface area (Å²) >= 11 is 2.90. The molecular formula is C9H6O2S2. The summed E-state index contributed by atoms with van der Waals surface area (Å²) in [7, 11) is 0. The van der Waals surface area contributed by atoms with E-state index in [0.29, 0.717) is 5.56 Å². The van der Waals surface area contributed by atoms with Crippen LogP contribution in [0.15, 0.2) is 11.4 Å². The van der Waals surface area contributed by atoms with E-state index >= 15 is 0 Å². The van der Waals surface area contributed by atoms with Gasteiger partial charge in [-0.15, -0.1) is 22.7 Å². The average molecular weight is 210 g/mol. The van der Waals surface area contributed by atoms with Gasteiger partial charge in [0.1, 0.15) is 0 Å². The lowest BCUT2D eigenvalue weighted by Gasteiger charge is -1.82. The summed E-state index contributed by atoms with van der Waals surface area (Å²) in [6.07, 6.45) is 0.833. The molecule has 0 aliphatic carbocycles. The molecular weight excluding hydrogens is 204 g/mol. The number of aldehydes is 1. The zero-order valence-corrected chi connectivity index (χ0v) is 8.50. The van der Waals surface area contributed by atoms with Crippen molar-refractivity contribution in [2.45, 2.75) is 6.92 Å². The third-order valence-corrected chi connectivity index (χ3v) is 4.11. The van der Waals surface area contributed by atoms with Gasteiger partial charge in [-0.05, 0) is 13.0 Å². The van der Waals surface area contributed by atoms with Crippen molar-refractivity contribution in [3.63, 3.8) is 0 Å². The first kappa shape index (κ1) is 8.59. The number of ketones is 1. The second kappa shape index (κ2) is 3.05. The standard InChI is InChI=1S/C9H6O2S2/c1-5(11)7-2-8-9(13-7)6(3-10)4-12-8/h2-4H,1H3. The Balaban J connectivity index is 2.69. The molecule has 0 unspecified atom stereocenters. The minimum Gasteiger partial charge on any atom is -0.298 e. The fourth-order valence-corrected chi connectivity index (χ4v) is 3.28. The number of carbonyl (C=O) groups is 2. The van der Waals surface area contributed by atoms with E-state index < -0.39 is 0 Å². The van der Waals surface area contributed by atoms with Gasteiger partial charge in [-0.3, -0.25) is 9.59 Å². The summed E-state index contributed by atoms with van der Waals surface area (Å²) < 4.78 is 1.96. The Morgan fingerprint density at radius 3 is 2.92 bits per heavy atom. The number of thiophene rings is 2. The Labute approximate surface area is 82.8 Å². The van der Waals surface area contributed by atoms with Crippen molar-refractivity contribution < 1.29 is 9.59 Å². The molecule has 4 heteroatoms. The zero-order chi connectivity index (χ0) is 9.42. The molecule has 2 aromatic heterocycles. The van der Waals surface area contributed by atoms with Crippen LogP contribution in [0.5, 0.6) is 0 Å². The molecule has 0 atom stereocenters. The summed E-state index contributed by atoms with van der Waals surface area (Å²) in [5.74, 6) is 0.0604. The van der Waals surface area contributed by atoms with E-state index in [1.54, 1.807) is 0 Å². The molecule has 0 bridgehead atoms. The molecule has 0 aliphatic heterocycles. The summed E-state index contributed by atoms with van der Waals surface area (Å²) in [5.41, 5.74) is 0.692. The van der Waals surface area contributed by atoms with Gasteiger partial charge in [0.25, 0.3) is 0 Å². The highest BCUT2D eigenvalue weighted by molar-refractivity contribution is 7.28.